The van der Waals surface area contributed by atoms with Crippen molar-refractivity contribution in [3.8, 4) is 0 Å². The van der Waals surface area contributed by atoms with Crippen LogP contribution in [0, 0.1) is 0 Å². The van der Waals surface area contributed by atoms with Gasteiger partial charge in [0, 0.05) is 23.6 Å². The standard InChI is InChI=1S/C22H27ClN4O3S/c1-3-27(4-2)19(16-9-5-7-11-18(16)23)15-25-21(28)13-14-24-22-17-10-6-8-12-20(17)31(29,30)26-22/h5-12,19H,3-4,13-15H2,1-2H3,(H,24,26)(H,25,28)/t19-/m1/s1. The Morgan fingerprint density at radius 3 is 2.52 bits per heavy atom. The van der Waals surface area contributed by atoms with Crippen molar-refractivity contribution in [2.24, 2.45) is 4.99 Å². The summed E-state index contributed by atoms with van der Waals surface area (Å²) in [5.74, 6) is 0.128. The van der Waals surface area contributed by atoms with E-state index in [4.69, 9.17) is 11.6 Å². The van der Waals surface area contributed by atoms with Crippen LogP contribution in [0.2, 0.25) is 5.02 Å². The molecule has 0 saturated heterocycles. The minimum absolute atomic E-state index is 0.0347. The molecule has 0 saturated carbocycles. The first kappa shape index (κ1) is 23.2. The fourth-order valence-electron chi connectivity index (χ4n) is 3.66. The second-order valence-electron chi connectivity index (χ2n) is 7.14. The summed E-state index contributed by atoms with van der Waals surface area (Å²) < 4.78 is 26.7. The Labute approximate surface area is 188 Å². The lowest BCUT2D eigenvalue weighted by Gasteiger charge is -2.30. The second-order valence-corrected chi connectivity index (χ2v) is 9.20. The highest BCUT2D eigenvalue weighted by Gasteiger charge is 2.30. The normalized spacial score (nSPS) is 16.7. The Morgan fingerprint density at radius 1 is 1.13 bits per heavy atom. The van der Waals surface area contributed by atoms with E-state index in [2.05, 4.69) is 33.8 Å². The highest BCUT2D eigenvalue weighted by molar-refractivity contribution is 7.90. The number of amides is 1. The van der Waals surface area contributed by atoms with Gasteiger partial charge in [-0.15, -0.1) is 0 Å². The molecule has 2 N–H and O–H groups in total. The van der Waals surface area contributed by atoms with Gasteiger partial charge in [-0.1, -0.05) is 55.8 Å². The Kier molecular flexibility index (Phi) is 7.69. The molecule has 7 nitrogen and oxygen atoms in total. The number of aliphatic imine (C=N–C) groups is 1. The van der Waals surface area contributed by atoms with E-state index < -0.39 is 10.0 Å². The molecule has 1 heterocycles. The Bertz CT molecular complexity index is 1070. The summed E-state index contributed by atoms with van der Waals surface area (Å²) >= 11 is 6.40. The second kappa shape index (κ2) is 10.3. The fraction of sp³-hybridized carbons (Fsp3) is 0.364. The molecular weight excluding hydrogens is 436 g/mol. The maximum Gasteiger partial charge on any atom is 0.263 e. The molecule has 0 aliphatic carbocycles. The van der Waals surface area contributed by atoms with Gasteiger partial charge < -0.3 is 5.32 Å². The third kappa shape index (κ3) is 5.44. The number of nitrogens with one attached hydrogen (secondary N) is 2. The lowest BCUT2D eigenvalue weighted by Crippen LogP contribution is -2.38. The van der Waals surface area contributed by atoms with Crippen molar-refractivity contribution < 1.29 is 13.2 Å². The first-order valence-electron chi connectivity index (χ1n) is 10.3. The summed E-state index contributed by atoms with van der Waals surface area (Å²) in [6.45, 7) is 6.42. The number of halogens is 1. The highest BCUT2D eigenvalue weighted by atomic mass is 35.5. The van der Waals surface area contributed by atoms with Gasteiger partial charge in [-0.3, -0.25) is 19.4 Å². The van der Waals surface area contributed by atoms with Crippen molar-refractivity contribution in [1.29, 1.82) is 0 Å². The number of nitrogens with zero attached hydrogens (tertiary/aromatic N) is 2. The Morgan fingerprint density at radius 2 is 1.81 bits per heavy atom. The van der Waals surface area contributed by atoms with E-state index in [1.54, 1.807) is 18.2 Å². The Balaban J connectivity index is 1.62. The van der Waals surface area contributed by atoms with Crippen LogP contribution in [-0.4, -0.2) is 51.2 Å². The molecular formula is C22H27ClN4O3S. The van der Waals surface area contributed by atoms with Crippen molar-refractivity contribution in [3.05, 3.63) is 64.7 Å². The molecule has 166 valence electrons. The zero-order valence-corrected chi connectivity index (χ0v) is 19.2. The van der Waals surface area contributed by atoms with E-state index in [1.165, 1.54) is 6.07 Å². The minimum Gasteiger partial charge on any atom is -0.354 e. The maximum atomic E-state index is 12.4. The van der Waals surface area contributed by atoms with Gasteiger partial charge >= 0.3 is 0 Å². The predicted molar refractivity (Wildman–Crippen MR) is 123 cm³/mol. The number of hydrogen-bond acceptors (Lipinski definition) is 5. The quantitative estimate of drug-likeness (QED) is 0.599. The molecule has 2 aromatic carbocycles. The topological polar surface area (TPSA) is 90.9 Å². The number of carbonyl (C=O) groups is 1. The largest absolute Gasteiger partial charge is 0.354 e. The van der Waals surface area contributed by atoms with Crippen molar-refractivity contribution in [3.63, 3.8) is 0 Å². The maximum absolute atomic E-state index is 12.4. The molecule has 0 bridgehead atoms. The first-order chi connectivity index (χ1) is 14.9. The van der Waals surface area contributed by atoms with Gasteiger partial charge in [-0.2, -0.15) is 0 Å². The number of benzene rings is 2. The summed E-state index contributed by atoms with van der Waals surface area (Å²) in [6.07, 6.45) is 0.154. The van der Waals surface area contributed by atoms with Gasteiger partial charge in [0.2, 0.25) is 5.91 Å². The lowest BCUT2D eigenvalue weighted by atomic mass is 10.0. The average Bonchev–Trinajstić information content (AvgIpc) is 3.02. The number of likely N-dealkylation sites (N-methyl/N-ethyl adjacent to an activating group) is 1. The molecule has 0 fully saturated rings. The van der Waals surface area contributed by atoms with Crippen LogP contribution in [0.15, 0.2) is 58.4 Å². The van der Waals surface area contributed by atoms with Gasteiger partial charge in [0.1, 0.15) is 5.84 Å². The summed E-state index contributed by atoms with van der Waals surface area (Å²) in [7, 11) is -3.58. The van der Waals surface area contributed by atoms with Gasteiger partial charge in [0.15, 0.2) is 0 Å². The number of sulfonamides is 1. The zero-order valence-electron chi connectivity index (χ0n) is 17.6. The molecule has 1 aliphatic heterocycles. The first-order valence-corrected chi connectivity index (χ1v) is 12.1. The third-order valence-corrected chi connectivity index (χ3v) is 7.02. The molecule has 9 heteroatoms. The van der Waals surface area contributed by atoms with E-state index in [9.17, 15) is 13.2 Å². The highest BCUT2D eigenvalue weighted by Crippen LogP contribution is 2.27. The van der Waals surface area contributed by atoms with Gasteiger partial charge in [-0.25, -0.2) is 8.42 Å². The van der Waals surface area contributed by atoms with Gasteiger partial charge in [0.25, 0.3) is 10.0 Å². The molecule has 1 aliphatic rings. The number of amidine groups is 1. The summed E-state index contributed by atoms with van der Waals surface area (Å²) in [6, 6.07) is 14.3. The molecule has 31 heavy (non-hydrogen) atoms. The van der Waals surface area contributed by atoms with Crippen LogP contribution in [0.5, 0.6) is 0 Å². The molecule has 0 unspecified atom stereocenters. The molecule has 0 spiro atoms. The summed E-state index contributed by atoms with van der Waals surface area (Å²) in [5, 5.41) is 3.64. The van der Waals surface area contributed by atoms with E-state index >= 15 is 0 Å². The lowest BCUT2D eigenvalue weighted by molar-refractivity contribution is -0.121. The smallest absolute Gasteiger partial charge is 0.263 e. The number of rotatable bonds is 9. The number of hydrogen-bond donors (Lipinski definition) is 2. The monoisotopic (exact) mass is 462 g/mol. The van der Waals surface area contributed by atoms with Crippen LogP contribution >= 0.6 is 11.6 Å². The SMILES string of the molecule is CCN(CC)[C@H](CNC(=O)CCN=C1NS(=O)(=O)c2ccccc21)c1ccccc1Cl. The van der Waals surface area contributed by atoms with Crippen LogP contribution in [0.3, 0.4) is 0 Å². The third-order valence-electron chi connectivity index (χ3n) is 5.28. The van der Waals surface area contributed by atoms with E-state index in [1.807, 2.05) is 24.3 Å². The van der Waals surface area contributed by atoms with Crippen LogP contribution in [0.4, 0.5) is 0 Å². The molecule has 0 radical (unpaired) electrons. The molecule has 2 aromatic rings. The van der Waals surface area contributed by atoms with Crippen LogP contribution in [0.1, 0.15) is 37.4 Å². The van der Waals surface area contributed by atoms with E-state index in [-0.39, 0.29) is 35.6 Å². The molecule has 1 atom stereocenters. The van der Waals surface area contributed by atoms with Crippen molar-refractivity contribution in [2.45, 2.75) is 31.2 Å². The summed E-state index contributed by atoms with van der Waals surface area (Å²) in [5.41, 5.74) is 1.51. The van der Waals surface area contributed by atoms with E-state index in [0.717, 1.165) is 18.7 Å². The average molecular weight is 463 g/mol. The minimum atomic E-state index is -3.58. The molecule has 3 rings (SSSR count). The van der Waals surface area contributed by atoms with Crippen LogP contribution in [-0.2, 0) is 14.8 Å². The number of carbonyl (C=O) groups excluding carboxylic acids is 1. The van der Waals surface area contributed by atoms with Crippen LogP contribution in [0.25, 0.3) is 0 Å². The van der Waals surface area contributed by atoms with Crippen LogP contribution < -0.4 is 10.0 Å². The van der Waals surface area contributed by atoms with Crippen molar-refractivity contribution in [1.82, 2.24) is 14.9 Å². The summed E-state index contributed by atoms with van der Waals surface area (Å²) in [4.78, 5) is 19.2. The van der Waals surface area contributed by atoms with Crippen molar-refractivity contribution >= 4 is 33.4 Å². The van der Waals surface area contributed by atoms with Crippen molar-refractivity contribution in [2.75, 3.05) is 26.2 Å². The fourth-order valence-corrected chi connectivity index (χ4v) is 5.18. The predicted octanol–water partition coefficient (Wildman–Crippen LogP) is 2.97. The van der Waals surface area contributed by atoms with E-state index in [0.29, 0.717) is 17.1 Å². The van der Waals surface area contributed by atoms with Gasteiger partial charge in [-0.05, 0) is 36.9 Å². The molecule has 1 amide bonds. The number of fused-ring (bicyclic) bond motifs is 1. The Hall–Kier alpha value is -2.42. The van der Waals surface area contributed by atoms with Gasteiger partial charge in [0.05, 0.1) is 17.5 Å². The molecule has 0 aromatic heterocycles. The zero-order chi connectivity index (χ0) is 22.4.